The Hall–Kier alpha value is -1.40. The lowest BCUT2D eigenvalue weighted by atomic mass is 10.2. The van der Waals surface area contributed by atoms with Gasteiger partial charge in [-0.3, -0.25) is 9.36 Å². The van der Waals surface area contributed by atoms with Crippen molar-refractivity contribution in [2.75, 3.05) is 6.61 Å². The first-order chi connectivity index (χ1) is 7.69. The summed E-state index contributed by atoms with van der Waals surface area (Å²) in [4.78, 5) is 15.2. The van der Waals surface area contributed by atoms with E-state index in [1.54, 1.807) is 17.7 Å². The monoisotopic (exact) mass is 224 g/mol. The molecule has 1 aromatic heterocycles. The summed E-state index contributed by atoms with van der Waals surface area (Å²) in [5.41, 5.74) is 0.286. The summed E-state index contributed by atoms with van der Waals surface area (Å²) in [5, 5.41) is 9.01. The van der Waals surface area contributed by atoms with E-state index in [9.17, 15) is 4.79 Å². The van der Waals surface area contributed by atoms with Crippen LogP contribution < -0.4 is 10.3 Å². The van der Waals surface area contributed by atoms with Crippen LogP contribution in [0.2, 0.25) is 0 Å². The lowest BCUT2D eigenvalue weighted by molar-refractivity contribution is -0.0257. The number of hydrogen-bond acceptors (Lipinski definition) is 5. The summed E-state index contributed by atoms with van der Waals surface area (Å²) in [6, 6.07) is 0.307. The highest BCUT2D eigenvalue weighted by Gasteiger charge is 2.44. The molecule has 16 heavy (non-hydrogen) atoms. The van der Waals surface area contributed by atoms with Gasteiger partial charge in [-0.15, -0.1) is 0 Å². The van der Waals surface area contributed by atoms with Crippen LogP contribution in [0.1, 0.15) is 18.2 Å². The maximum Gasteiger partial charge on any atom is 0.302 e. The van der Waals surface area contributed by atoms with Crippen molar-refractivity contribution in [2.45, 2.75) is 31.8 Å². The standard InChI is InChI=1S/C10H12N2O4/c1-5-3-12-9-7(2-6(4-13)15-9)16-10(12)11-8(5)14/h3,6-7,9,13H,2,4H2,1H3/t6-,7-,9+/m0/s1. The molecule has 1 N–H and O–H groups in total. The molecule has 1 fully saturated rings. The number of nitrogens with zero attached hydrogens (tertiary/aromatic N) is 2. The molecule has 0 unspecified atom stereocenters. The molecule has 2 aliphatic heterocycles. The van der Waals surface area contributed by atoms with Crippen LogP contribution in [0, 0.1) is 6.92 Å². The summed E-state index contributed by atoms with van der Waals surface area (Å²) in [7, 11) is 0. The summed E-state index contributed by atoms with van der Waals surface area (Å²) >= 11 is 0. The fraction of sp³-hybridized carbons (Fsp3) is 0.600. The van der Waals surface area contributed by atoms with Gasteiger partial charge in [-0.2, -0.15) is 4.98 Å². The zero-order chi connectivity index (χ0) is 11.3. The Morgan fingerprint density at radius 2 is 2.50 bits per heavy atom. The minimum Gasteiger partial charge on any atom is -0.456 e. The summed E-state index contributed by atoms with van der Waals surface area (Å²) < 4.78 is 12.8. The molecule has 86 valence electrons. The second-order valence-corrected chi connectivity index (χ2v) is 4.14. The van der Waals surface area contributed by atoms with Crippen molar-refractivity contribution in [3.63, 3.8) is 0 Å². The van der Waals surface area contributed by atoms with Gasteiger partial charge in [-0.1, -0.05) is 0 Å². The number of fused-ring (bicyclic) bond motifs is 3. The van der Waals surface area contributed by atoms with E-state index >= 15 is 0 Å². The van der Waals surface area contributed by atoms with Crippen LogP contribution in [0.3, 0.4) is 0 Å². The topological polar surface area (TPSA) is 73.6 Å². The lowest BCUT2D eigenvalue weighted by Gasteiger charge is -2.12. The predicted octanol–water partition coefficient (Wildman–Crippen LogP) is -0.407. The average molecular weight is 224 g/mol. The number of aryl methyl sites for hydroxylation is 1. The third-order valence-electron chi connectivity index (χ3n) is 2.97. The number of ether oxygens (including phenoxy) is 2. The zero-order valence-corrected chi connectivity index (χ0v) is 8.79. The normalized spacial score (nSPS) is 31.0. The SMILES string of the molecule is Cc1cn2c(nc1=O)O[C@H]1C[C@@H](CO)O[C@H]12. The van der Waals surface area contributed by atoms with Crippen LogP contribution in [-0.2, 0) is 4.74 Å². The van der Waals surface area contributed by atoms with Gasteiger partial charge in [0.1, 0.15) is 6.10 Å². The fourth-order valence-corrected chi connectivity index (χ4v) is 2.14. The molecule has 0 amide bonds. The molecule has 0 spiro atoms. The molecule has 2 aliphatic rings. The van der Waals surface area contributed by atoms with Crippen LogP contribution >= 0.6 is 0 Å². The number of hydrogen-bond donors (Lipinski definition) is 1. The second kappa shape index (κ2) is 3.29. The van der Waals surface area contributed by atoms with Crippen molar-refractivity contribution in [2.24, 2.45) is 0 Å². The highest BCUT2D eigenvalue weighted by atomic mass is 16.6. The molecule has 6 heteroatoms. The maximum absolute atomic E-state index is 11.3. The van der Waals surface area contributed by atoms with Gasteiger partial charge >= 0.3 is 6.01 Å². The van der Waals surface area contributed by atoms with Crippen LogP contribution in [0.25, 0.3) is 0 Å². The molecule has 0 aliphatic carbocycles. The van der Waals surface area contributed by atoms with Crippen LogP contribution in [0.5, 0.6) is 6.01 Å². The summed E-state index contributed by atoms with van der Waals surface area (Å²) in [6.07, 6.45) is 1.71. The highest BCUT2D eigenvalue weighted by molar-refractivity contribution is 5.14. The molecule has 0 saturated carbocycles. The Bertz CT molecular complexity index is 484. The Kier molecular flexibility index (Phi) is 2.02. The van der Waals surface area contributed by atoms with Crippen molar-refractivity contribution in [3.8, 4) is 6.01 Å². The minimum atomic E-state index is -0.273. The molecule has 6 nitrogen and oxygen atoms in total. The third-order valence-corrected chi connectivity index (χ3v) is 2.97. The van der Waals surface area contributed by atoms with E-state index in [1.165, 1.54) is 0 Å². The number of aliphatic hydroxyl groups is 1. The molecule has 3 atom stereocenters. The maximum atomic E-state index is 11.3. The van der Waals surface area contributed by atoms with Gasteiger partial charge in [0.2, 0.25) is 0 Å². The van der Waals surface area contributed by atoms with E-state index in [4.69, 9.17) is 14.6 Å². The quantitative estimate of drug-likeness (QED) is 0.702. The fourth-order valence-electron chi connectivity index (χ4n) is 2.14. The third kappa shape index (κ3) is 1.27. The van der Waals surface area contributed by atoms with Gasteiger partial charge in [0.15, 0.2) is 6.23 Å². The first-order valence-corrected chi connectivity index (χ1v) is 5.22. The van der Waals surface area contributed by atoms with Crippen molar-refractivity contribution in [3.05, 3.63) is 22.1 Å². The van der Waals surface area contributed by atoms with E-state index in [1.807, 2.05) is 0 Å². The van der Waals surface area contributed by atoms with E-state index in [0.717, 1.165) is 0 Å². The largest absolute Gasteiger partial charge is 0.456 e. The molecule has 0 radical (unpaired) electrons. The Balaban J connectivity index is 2.00. The molecule has 3 rings (SSSR count). The first-order valence-electron chi connectivity index (χ1n) is 5.22. The molecule has 3 heterocycles. The Morgan fingerprint density at radius 3 is 3.25 bits per heavy atom. The smallest absolute Gasteiger partial charge is 0.302 e. The van der Waals surface area contributed by atoms with Crippen LogP contribution in [0.4, 0.5) is 0 Å². The summed E-state index contributed by atoms with van der Waals surface area (Å²) in [5.74, 6) is 0. The van der Waals surface area contributed by atoms with Crippen molar-refractivity contribution >= 4 is 0 Å². The minimum absolute atomic E-state index is 0.0156. The molecule has 0 aromatic carbocycles. The van der Waals surface area contributed by atoms with E-state index in [-0.39, 0.29) is 30.6 Å². The molecular formula is C10H12N2O4. The van der Waals surface area contributed by atoms with Gasteiger partial charge in [-0.05, 0) is 6.92 Å². The average Bonchev–Trinajstić information content (AvgIpc) is 2.77. The lowest BCUT2D eigenvalue weighted by Crippen LogP contribution is -2.18. The highest BCUT2D eigenvalue weighted by Crippen LogP contribution is 2.38. The van der Waals surface area contributed by atoms with Crippen LogP contribution in [-0.4, -0.2) is 33.5 Å². The zero-order valence-electron chi connectivity index (χ0n) is 8.79. The second-order valence-electron chi connectivity index (χ2n) is 4.14. The van der Waals surface area contributed by atoms with Gasteiger partial charge in [0, 0.05) is 18.2 Å². The number of aliphatic hydroxyl groups excluding tert-OH is 1. The predicted molar refractivity (Wildman–Crippen MR) is 53.3 cm³/mol. The molecular weight excluding hydrogens is 212 g/mol. The molecule has 1 aromatic rings. The van der Waals surface area contributed by atoms with Gasteiger partial charge in [0.25, 0.3) is 5.56 Å². The van der Waals surface area contributed by atoms with Crippen molar-refractivity contribution in [1.82, 2.24) is 9.55 Å². The molecule has 0 bridgehead atoms. The summed E-state index contributed by atoms with van der Waals surface area (Å²) in [6.45, 7) is 1.69. The van der Waals surface area contributed by atoms with E-state index in [2.05, 4.69) is 4.98 Å². The van der Waals surface area contributed by atoms with E-state index in [0.29, 0.717) is 18.0 Å². The van der Waals surface area contributed by atoms with Gasteiger partial charge < -0.3 is 14.6 Å². The van der Waals surface area contributed by atoms with Crippen molar-refractivity contribution < 1.29 is 14.6 Å². The first kappa shape index (κ1) is 9.80. The van der Waals surface area contributed by atoms with Crippen molar-refractivity contribution in [1.29, 1.82) is 0 Å². The number of rotatable bonds is 1. The van der Waals surface area contributed by atoms with Gasteiger partial charge in [-0.25, -0.2) is 0 Å². The molecule has 1 saturated heterocycles. The van der Waals surface area contributed by atoms with Gasteiger partial charge in [0.05, 0.1) is 12.7 Å². The Labute approximate surface area is 91.4 Å². The number of aromatic nitrogens is 2. The van der Waals surface area contributed by atoms with E-state index < -0.39 is 0 Å². The van der Waals surface area contributed by atoms with Crippen LogP contribution in [0.15, 0.2) is 11.0 Å². The Morgan fingerprint density at radius 1 is 1.69 bits per heavy atom.